The number of aliphatic hydroxyl groups is 2. The second kappa shape index (κ2) is 12.8. The first-order chi connectivity index (χ1) is 19.3. The molecule has 0 aromatic rings. The molecule has 2 N–H and O–H groups in total. The van der Waals surface area contributed by atoms with Crippen molar-refractivity contribution in [3.63, 3.8) is 0 Å². The molecule has 5 aliphatic carbocycles. The molecule has 42 heavy (non-hydrogen) atoms. The molecule has 0 amide bonds. The van der Waals surface area contributed by atoms with Gasteiger partial charge in [0, 0.05) is 14.0 Å². The first-order valence-electron chi connectivity index (χ1n) is 16.0. The van der Waals surface area contributed by atoms with Crippen molar-refractivity contribution < 1.29 is 24.5 Å². The third-order valence-electron chi connectivity index (χ3n) is 13.4. The van der Waals surface area contributed by atoms with Crippen LogP contribution in [0.25, 0.3) is 0 Å². The van der Waals surface area contributed by atoms with Crippen LogP contribution >= 0.6 is 0 Å². The molecule has 5 heteroatoms. The van der Waals surface area contributed by atoms with E-state index in [4.69, 9.17) is 14.6 Å². The summed E-state index contributed by atoms with van der Waals surface area (Å²) in [5, 5.41) is 17.8. The smallest absolute Gasteiger partial charge is 0.303 e. The van der Waals surface area contributed by atoms with E-state index in [1.165, 1.54) is 58.3 Å². The number of terminal acetylenes is 2. The summed E-state index contributed by atoms with van der Waals surface area (Å²) in [6.45, 7) is 15.3. The molecule has 2 spiro atoms. The highest BCUT2D eigenvalue weighted by Gasteiger charge is 2.84. The number of esters is 1. The van der Waals surface area contributed by atoms with Crippen molar-refractivity contribution in [1.82, 2.24) is 0 Å². The average molecular weight is 587 g/mol. The molecule has 0 aromatic heterocycles. The molecule has 0 aromatic carbocycles. The predicted molar refractivity (Wildman–Crippen MR) is 171 cm³/mol. The number of hydrogen-bond acceptors (Lipinski definition) is 5. The van der Waals surface area contributed by atoms with Crippen LogP contribution in [0.3, 0.4) is 0 Å². The Morgan fingerprint density at radius 1 is 0.905 bits per heavy atom. The van der Waals surface area contributed by atoms with E-state index in [1.807, 2.05) is 0 Å². The Balaban J connectivity index is 0.000000830. The van der Waals surface area contributed by atoms with Gasteiger partial charge < -0.3 is 19.7 Å². The number of aliphatic hydroxyl groups excluding tert-OH is 1. The van der Waals surface area contributed by atoms with Crippen molar-refractivity contribution in [2.75, 3.05) is 7.11 Å². The van der Waals surface area contributed by atoms with E-state index < -0.39 is 11.7 Å². The summed E-state index contributed by atoms with van der Waals surface area (Å²) >= 11 is 0. The molecule has 5 nitrogen and oxygen atoms in total. The fourth-order valence-electron chi connectivity index (χ4n) is 12.2. The number of fused-ring (bicyclic) bond motifs is 4. The van der Waals surface area contributed by atoms with Gasteiger partial charge in [-0.15, -0.1) is 25.7 Å². The van der Waals surface area contributed by atoms with Crippen LogP contribution in [0, 0.1) is 76.9 Å². The highest BCUT2D eigenvalue weighted by Crippen LogP contribution is 2.89. The maximum absolute atomic E-state index is 11.8. The fourth-order valence-corrected chi connectivity index (χ4v) is 12.2. The van der Waals surface area contributed by atoms with Crippen LogP contribution in [-0.2, 0) is 14.3 Å². The molecule has 240 valence electrons. The van der Waals surface area contributed by atoms with Crippen molar-refractivity contribution in [3.8, 4) is 25.7 Å². The summed E-state index contributed by atoms with van der Waals surface area (Å²) in [6, 6.07) is 0. The first kappa shape index (κ1) is 36.7. The van der Waals surface area contributed by atoms with Gasteiger partial charge in [0.05, 0.1) is 17.8 Å². The predicted octanol–water partition coefficient (Wildman–Crippen LogP) is 7.28. The molecule has 11 atom stereocenters. The molecular weight excluding hydrogens is 524 g/mol. The van der Waals surface area contributed by atoms with Crippen LogP contribution in [0.1, 0.15) is 120 Å². The largest absolute Gasteiger partial charge is 0.457 e. The number of ether oxygens (including phenoxy) is 2. The fraction of sp³-hybridized carbons (Fsp3) is 0.865. The van der Waals surface area contributed by atoms with Gasteiger partial charge in [0.2, 0.25) is 0 Å². The first-order valence-corrected chi connectivity index (χ1v) is 16.0. The maximum atomic E-state index is 11.8. The molecule has 5 saturated carbocycles. The lowest BCUT2D eigenvalue weighted by Crippen LogP contribution is -2.53. The standard InChI is InChI=1S/C31H50O4.2C2H2.CH4O.CH4/c1-18-30-16-15-29(7)21-9-11-23(26(28(5,6)33)34-19(2)32)35-24(21)17-22(29)20(30)10-12-25-27(3,4)13-8-14-31(18,25)30;3*1-2;/h18,20-26,33H,8-17H2,1-7H3;2*1-2H;2H,1H3;1H4/t18-,20-,21?,22?,23+,24?,25?,26-,29+,30-,31?;;;;/m0..../s1. The summed E-state index contributed by atoms with van der Waals surface area (Å²) in [6.07, 6.45) is 28.6. The van der Waals surface area contributed by atoms with Gasteiger partial charge in [-0.05, 0) is 123 Å². The van der Waals surface area contributed by atoms with Gasteiger partial charge >= 0.3 is 5.97 Å². The molecule has 0 radical (unpaired) electrons. The van der Waals surface area contributed by atoms with E-state index in [-0.39, 0.29) is 25.6 Å². The summed E-state index contributed by atoms with van der Waals surface area (Å²) < 4.78 is 12.4. The Labute approximate surface area is 258 Å². The lowest BCUT2D eigenvalue weighted by Gasteiger charge is -2.58. The molecular formula is C37H62O5. The minimum atomic E-state index is -1.11. The third-order valence-corrected chi connectivity index (χ3v) is 13.4. The number of carbonyl (C=O) groups excluding carboxylic acids is 1. The molecule has 0 bridgehead atoms. The van der Waals surface area contributed by atoms with Crippen molar-refractivity contribution in [2.24, 2.45) is 51.2 Å². The van der Waals surface area contributed by atoms with Crippen molar-refractivity contribution >= 4 is 5.97 Å². The summed E-state index contributed by atoms with van der Waals surface area (Å²) in [5.74, 6) is 3.68. The lowest BCUT2D eigenvalue weighted by atomic mass is 9.46. The van der Waals surface area contributed by atoms with Crippen LogP contribution in [0.2, 0.25) is 0 Å². The zero-order chi connectivity index (χ0) is 31.2. The Kier molecular flexibility index (Phi) is 11.2. The van der Waals surface area contributed by atoms with Gasteiger partial charge in [-0.3, -0.25) is 4.79 Å². The summed E-state index contributed by atoms with van der Waals surface area (Å²) in [4.78, 5) is 11.8. The Hall–Kier alpha value is -1.53. The molecule has 6 aliphatic rings. The SMILES string of the molecule is C.C#C.C#C.CC(=O)O[C@@H]([C@H]1CCC2C(CC3[C@@H]4CCC5C(C)(C)CCCC56[C@@H](C)[C@@]46CC[C@]23C)O1)C(C)(C)O.CO. The van der Waals surface area contributed by atoms with Crippen LogP contribution in [0.15, 0.2) is 0 Å². The minimum absolute atomic E-state index is 0. The molecule has 6 rings (SSSR count). The van der Waals surface area contributed by atoms with E-state index in [0.717, 1.165) is 43.6 Å². The quantitative estimate of drug-likeness (QED) is 0.269. The molecule has 1 heterocycles. The Morgan fingerprint density at radius 2 is 1.50 bits per heavy atom. The van der Waals surface area contributed by atoms with Gasteiger partial charge in [0.1, 0.15) is 0 Å². The average Bonchev–Trinajstić information content (AvgIpc) is 3.31. The van der Waals surface area contributed by atoms with E-state index in [0.29, 0.717) is 27.6 Å². The van der Waals surface area contributed by atoms with Gasteiger partial charge in [-0.25, -0.2) is 0 Å². The van der Waals surface area contributed by atoms with Crippen molar-refractivity contribution in [1.29, 1.82) is 0 Å². The van der Waals surface area contributed by atoms with Gasteiger partial charge in [-0.2, -0.15) is 0 Å². The monoisotopic (exact) mass is 586 g/mol. The zero-order valence-corrected chi connectivity index (χ0v) is 27.1. The summed E-state index contributed by atoms with van der Waals surface area (Å²) in [5.41, 5.74) is 0.961. The highest BCUT2D eigenvalue weighted by molar-refractivity contribution is 5.66. The van der Waals surface area contributed by atoms with Crippen molar-refractivity contribution in [3.05, 3.63) is 0 Å². The van der Waals surface area contributed by atoms with Gasteiger partial charge in [0.25, 0.3) is 0 Å². The zero-order valence-electron chi connectivity index (χ0n) is 27.1. The topological polar surface area (TPSA) is 76.0 Å². The number of rotatable bonds is 3. The lowest BCUT2D eigenvalue weighted by molar-refractivity contribution is -0.200. The third kappa shape index (κ3) is 5.14. The van der Waals surface area contributed by atoms with Crippen LogP contribution in [-0.4, -0.2) is 47.2 Å². The van der Waals surface area contributed by atoms with E-state index >= 15 is 0 Å². The Bertz CT molecular complexity index is 970. The second-order valence-corrected chi connectivity index (χ2v) is 15.3. The molecule has 5 unspecified atom stereocenters. The second-order valence-electron chi connectivity index (χ2n) is 15.3. The van der Waals surface area contributed by atoms with E-state index in [1.54, 1.807) is 13.8 Å². The van der Waals surface area contributed by atoms with Crippen LogP contribution in [0.5, 0.6) is 0 Å². The Morgan fingerprint density at radius 3 is 2.07 bits per heavy atom. The van der Waals surface area contributed by atoms with E-state index in [2.05, 4.69) is 53.4 Å². The maximum Gasteiger partial charge on any atom is 0.303 e. The molecule has 1 aliphatic heterocycles. The van der Waals surface area contributed by atoms with Gasteiger partial charge in [-0.1, -0.05) is 41.5 Å². The summed E-state index contributed by atoms with van der Waals surface area (Å²) in [7, 11) is 1.00. The molecule has 1 saturated heterocycles. The van der Waals surface area contributed by atoms with Crippen LogP contribution < -0.4 is 0 Å². The normalized spacial score (nSPS) is 44.2. The van der Waals surface area contributed by atoms with Gasteiger partial charge in [0.15, 0.2) is 6.10 Å². The minimum Gasteiger partial charge on any atom is -0.457 e. The number of carbonyl (C=O) groups is 1. The molecule has 6 fully saturated rings. The van der Waals surface area contributed by atoms with E-state index in [9.17, 15) is 9.90 Å². The van der Waals surface area contributed by atoms with Crippen molar-refractivity contribution in [2.45, 2.75) is 144 Å². The highest BCUT2D eigenvalue weighted by atomic mass is 16.6. The van der Waals surface area contributed by atoms with Crippen LogP contribution in [0.4, 0.5) is 0 Å². The number of hydrogen-bond donors (Lipinski definition) is 2.